The lowest BCUT2D eigenvalue weighted by Crippen LogP contribution is -2.56. The van der Waals surface area contributed by atoms with E-state index in [4.69, 9.17) is 9.47 Å². The fraction of sp³-hybridized carbons (Fsp3) is 0.765. The van der Waals surface area contributed by atoms with Crippen molar-refractivity contribution in [2.75, 3.05) is 7.11 Å². The number of amides is 2. The Balaban J connectivity index is 2.19. The maximum absolute atomic E-state index is 13.0. The van der Waals surface area contributed by atoms with Gasteiger partial charge in [0.1, 0.15) is 23.5 Å². The lowest BCUT2D eigenvalue weighted by molar-refractivity contribution is -0.154. The van der Waals surface area contributed by atoms with Gasteiger partial charge in [0.05, 0.1) is 7.11 Å². The molecule has 140 valence electrons. The minimum Gasteiger partial charge on any atom is -0.467 e. The smallest absolute Gasteiger partial charge is 0.408 e. The van der Waals surface area contributed by atoms with Crippen LogP contribution in [0.25, 0.3) is 0 Å². The number of esters is 1. The van der Waals surface area contributed by atoms with Crippen LogP contribution in [0.4, 0.5) is 4.79 Å². The van der Waals surface area contributed by atoms with Crippen molar-refractivity contribution in [3.63, 3.8) is 0 Å². The van der Waals surface area contributed by atoms with Gasteiger partial charge in [0, 0.05) is 18.9 Å². The van der Waals surface area contributed by atoms with E-state index in [1.54, 1.807) is 20.8 Å². The number of Topliss-reactive ketones (excluding diaryl/α,β-unsaturated/α-hetero) is 1. The number of alkyl carbamates (subject to hydrolysis) is 1. The second-order valence-corrected chi connectivity index (χ2v) is 7.50. The second-order valence-electron chi connectivity index (χ2n) is 7.50. The molecule has 0 bridgehead atoms. The maximum Gasteiger partial charge on any atom is 0.408 e. The summed E-state index contributed by atoms with van der Waals surface area (Å²) in [6.45, 7) is 5.17. The van der Waals surface area contributed by atoms with Crippen molar-refractivity contribution in [1.29, 1.82) is 0 Å². The number of hydrogen-bond acceptors (Lipinski definition) is 6. The Kier molecular flexibility index (Phi) is 5.69. The van der Waals surface area contributed by atoms with Gasteiger partial charge in [-0.3, -0.25) is 9.59 Å². The molecule has 2 heterocycles. The highest BCUT2D eigenvalue weighted by molar-refractivity contribution is 5.92. The SMILES string of the molecule is COC(=O)[C@@H]1CC[C@@H]2CC(=O)CC[C@H](NC(=O)OC(C)(C)C)C(=O)N21. The lowest BCUT2D eigenvalue weighted by Gasteiger charge is -2.34. The predicted octanol–water partition coefficient (Wildman–Crippen LogP) is 1.17. The molecule has 25 heavy (non-hydrogen) atoms. The first kappa shape index (κ1) is 19.2. The number of ketones is 1. The highest BCUT2D eigenvalue weighted by Gasteiger charge is 2.45. The molecule has 0 saturated carbocycles. The van der Waals surface area contributed by atoms with Gasteiger partial charge in [0.25, 0.3) is 0 Å². The highest BCUT2D eigenvalue weighted by atomic mass is 16.6. The Morgan fingerprint density at radius 3 is 2.44 bits per heavy atom. The van der Waals surface area contributed by atoms with Crippen LogP contribution in [0.2, 0.25) is 0 Å². The van der Waals surface area contributed by atoms with Crippen molar-refractivity contribution in [2.24, 2.45) is 0 Å². The minimum absolute atomic E-state index is 0.0176. The summed E-state index contributed by atoms with van der Waals surface area (Å²) in [6, 6.07) is -1.93. The van der Waals surface area contributed by atoms with Gasteiger partial charge in [0.2, 0.25) is 5.91 Å². The summed E-state index contributed by atoms with van der Waals surface area (Å²) in [5.74, 6) is -0.847. The third-order valence-corrected chi connectivity index (χ3v) is 4.39. The maximum atomic E-state index is 13.0. The monoisotopic (exact) mass is 354 g/mol. The number of methoxy groups -OCH3 is 1. The zero-order valence-electron chi connectivity index (χ0n) is 15.2. The molecule has 0 aromatic carbocycles. The van der Waals surface area contributed by atoms with Gasteiger partial charge in [-0.05, 0) is 40.0 Å². The molecule has 0 aromatic heterocycles. The Labute approximate surface area is 147 Å². The second kappa shape index (κ2) is 7.41. The Morgan fingerprint density at radius 1 is 1.16 bits per heavy atom. The molecule has 0 radical (unpaired) electrons. The molecule has 2 saturated heterocycles. The lowest BCUT2D eigenvalue weighted by atomic mass is 9.98. The summed E-state index contributed by atoms with van der Waals surface area (Å²) in [6.07, 6.45) is 0.932. The van der Waals surface area contributed by atoms with Crippen LogP contribution >= 0.6 is 0 Å². The standard InChI is InChI=1S/C17H26N2O6/c1-17(2,3)25-16(23)18-12-7-6-11(20)9-10-5-8-13(15(22)24-4)19(10)14(12)21/h10,12-13H,5-9H2,1-4H3,(H,18,23)/t10-,12+,13+/m1/s1. The molecule has 2 fully saturated rings. The van der Waals surface area contributed by atoms with Gasteiger partial charge in [0.15, 0.2) is 0 Å². The number of nitrogens with zero attached hydrogens (tertiary/aromatic N) is 1. The fourth-order valence-corrected chi connectivity index (χ4v) is 3.34. The average molecular weight is 354 g/mol. The van der Waals surface area contributed by atoms with Gasteiger partial charge in [-0.1, -0.05) is 0 Å². The molecule has 2 amide bonds. The van der Waals surface area contributed by atoms with Crippen molar-refractivity contribution in [3.8, 4) is 0 Å². The van der Waals surface area contributed by atoms with E-state index in [1.807, 2.05) is 0 Å². The quantitative estimate of drug-likeness (QED) is 0.747. The van der Waals surface area contributed by atoms with E-state index in [1.165, 1.54) is 12.0 Å². The summed E-state index contributed by atoms with van der Waals surface area (Å²) >= 11 is 0. The first-order chi connectivity index (χ1) is 11.6. The van der Waals surface area contributed by atoms with E-state index in [2.05, 4.69) is 5.32 Å². The average Bonchev–Trinajstić information content (AvgIpc) is 2.90. The Bertz CT molecular complexity index is 568. The van der Waals surface area contributed by atoms with E-state index in [-0.39, 0.29) is 37.0 Å². The normalized spacial score (nSPS) is 27.2. The molecule has 2 aliphatic heterocycles. The fourth-order valence-electron chi connectivity index (χ4n) is 3.34. The van der Waals surface area contributed by atoms with Crippen LogP contribution < -0.4 is 5.32 Å². The molecular formula is C17H26N2O6. The highest BCUT2D eigenvalue weighted by Crippen LogP contribution is 2.31. The Morgan fingerprint density at radius 2 is 1.84 bits per heavy atom. The molecule has 8 heteroatoms. The van der Waals surface area contributed by atoms with Crippen LogP contribution in [0.1, 0.15) is 52.9 Å². The summed E-state index contributed by atoms with van der Waals surface area (Å²) < 4.78 is 9.98. The van der Waals surface area contributed by atoms with Crippen molar-refractivity contribution < 1.29 is 28.7 Å². The molecule has 8 nitrogen and oxygen atoms in total. The number of fused-ring (bicyclic) bond motifs is 1. The van der Waals surface area contributed by atoms with Crippen LogP contribution in [0, 0.1) is 0 Å². The number of rotatable bonds is 2. The van der Waals surface area contributed by atoms with E-state index >= 15 is 0 Å². The van der Waals surface area contributed by atoms with Crippen LogP contribution in [-0.2, 0) is 23.9 Å². The molecule has 2 rings (SSSR count). The number of hydrogen-bond donors (Lipinski definition) is 1. The predicted molar refractivity (Wildman–Crippen MR) is 87.7 cm³/mol. The number of nitrogens with one attached hydrogen (secondary N) is 1. The minimum atomic E-state index is -0.896. The summed E-state index contributed by atoms with van der Waals surface area (Å²) in [5.41, 5.74) is -0.699. The van der Waals surface area contributed by atoms with Gasteiger partial charge in [-0.2, -0.15) is 0 Å². The molecule has 3 atom stereocenters. The molecule has 0 unspecified atom stereocenters. The van der Waals surface area contributed by atoms with Gasteiger partial charge in [-0.15, -0.1) is 0 Å². The molecular weight excluding hydrogens is 328 g/mol. The van der Waals surface area contributed by atoms with Gasteiger partial charge in [-0.25, -0.2) is 9.59 Å². The Hall–Kier alpha value is -2.12. The zero-order valence-corrected chi connectivity index (χ0v) is 15.2. The van der Waals surface area contributed by atoms with Crippen molar-refractivity contribution in [3.05, 3.63) is 0 Å². The first-order valence-corrected chi connectivity index (χ1v) is 8.53. The summed E-state index contributed by atoms with van der Waals surface area (Å²) in [7, 11) is 1.27. The van der Waals surface area contributed by atoms with Crippen LogP contribution in [0.15, 0.2) is 0 Å². The van der Waals surface area contributed by atoms with Gasteiger partial charge < -0.3 is 19.7 Å². The van der Waals surface area contributed by atoms with Crippen LogP contribution in [0.5, 0.6) is 0 Å². The van der Waals surface area contributed by atoms with Crippen molar-refractivity contribution in [2.45, 2.75) is 76.6 Å². The van der Waals surface area contributed by atoms with Crippen molar-refractivity contribution in [1.82, 2.24) is 10.2 Å². The molecule has 0 aliphatic carbocycles. The van der Waals surface area contributed by atoms with E-state index in [0.29, 0.717) is 12.8 Å². The molecule has 0 aromatic rings. The largest absolute Gasteiger partial charge is 0.467 e. The van der Waals surface area contributed by atoms with E-state index < -0.39 is 29.7 Å². The molecule has 1 N–H and O–H groups in total. The third-order valence-electron chi connectivity index (χ3n) is 4.39. The van der Waals surface area contributed by atoms with Crippen molar-refractivity contribution >= 4 is 23.8 Å². The zero-order chi connectivity index (χ0) is 18.8. The number of carbonyl (C=O) groups is 4. The summed E-state index contributed by atoms with van der Waals surface area (Å²) in [5, 5.41) is 2.55. The van der Waals surface area contributed by atoms with E-state index in [9.17, 15) is 19.2 Å². The topological polar surface area (TPSA) is 102 Å². The van der Waals surface area contributed by atoms with Crippen LogP contribution in [-0.4, -0.2) is 59.5 Å². The number of ether oxygens (including phenoxy) is 2. The van der Waals surface area contributed by atoms with Crippen LogP contribution in [0.3, 0.4) is 0 Å². The van der Waals surface area contributed by atoms with E-state index in [0.717, 1.165) is 0 Å². The van der Waals surface area contributed by atoms with Gasteiger partial charge >= 0.3 is 12.1 Å². The third kappa shape index (κ3) is 4.70. The molecule has 0 spiro atoms. The number of carbonyl (C=O) groups excluding carboxylic acids is 4. The first-order valence-electron chi connectivity index (χ1n) is 8.53. The molecule has 2 aliphatic rings. The summed E-state index contributed by atoms with van der Waals surface area (Å²) in [4.78, 5) is 50.5.